The maximum absolute atomic E-state index is 5.94. The van der Waals surface area contributed by atoms with Crippen LogP contribution in [0.1, 0.15) is 34.1 Å². The van der Waals surface area contributed by atoms with Crippen LogP contribution in [0.4, 0.5) is 0 Å². The molecule has 0 unspecified atom stereocenters. The van der Waals surface area contributed by atoms with Gasteiger partial charge in [-0.2, -0.15) is 0 Å². The molecule has 0 aromatic heterocycles. The van der Waals surface area contributed by atoms with E-state index < -0.39 is 0 Å². The molecule has 0 aliphatic carbocycles. The third-order valence-electron chi connectivity index (χ3n) is 2.63. The number of hydrogen-bond donors (Lipinski definition) is 2. The Morgan fingerprint density at radius 2 is 1.41 bits per heavy atom. The van der Waals surface area contributed by atoms with Gasteiger partial charge in [-0.15, -0.1) is 0 Å². The molecular weight excluding hydrogens is 216 g/mol. The van der Waals surface area contributed by atoms with Crippen molar-refractivity contribution in [1.29, 1.82) is 0 Å². The summed E-state index contributed by atoms with van der Waals surface area (Å²) >= 11 is 0. The second-order valence-corrected chi connectivity index (χ2v) is 5.61. The van der Waals surface area contributed by atoms with Crippen LogP contribution < -0.4 is 10.6 Å². The predicted molar refractivity (Wildman–Crippen MR) is 72.5 cm³/mol. The fraction of sp³-hybridized carbons (Fsp3) is 1.00. The van der Waals surface area contributed by atoms with Crippen molar-refractivity contribution < 1.29 is 9.47 Å². The monoisotopic (exact) mass is 246 g/mol. The summed E-state index contributed by atoms with van der Waals surface area (Å²) in [5, 5.41) is 6.21. The zero-order valence-corrected chi connectivity index (χ0v) is 12.4. The molecule has 0 saturated carbocycles. The van der Waals surface area contributed by atoms with E-state index in [1.165, 1.54) is 0 Å². The molecule has 0 aliphatic heterocycles. The summed E-state index contributed by atoms with van der Waals surface area (Å²) in [5.41, 5.74) is -0.333. The van der Waals surface area contributed by atoms with Crippen LogP contribution in [0.2, 0.25) is 0 Å². The normalized spacial score (nSPS) is 13.1. The summed E-state index contributed by atoms with van der Waals surface area (Å²) in [6, 6.07) is 0. The standard InChI is InChI=1S/C13H30N2O2/c1-12(2,7-8-14-5)17-11-13(3,4)16-10-9-15-6/h14-15H,7-11H2,1-6H3. The SMILES string of the molecule is CNCCOC(C)(C)COC(C)(C)CCNC. The summed E-state index contributed by atoms with van der Waals surface area (Å²) in [7, 11) is 3.88. The van der Waals surface area contributed by atoms with E-state index in [0.717, 1.165) is 19.5 Å². The second-order valence-electron chi connectivity index (χ2n) is 5.61. The summed E-state index contributed by atoms with van der Waals surface area (Å²) in [6.45, 7) is 11.5. The Balaban J connectivity index is 3.89. The fourth-order valence-corrected chi connectivity index (χ4v) is 1.34. The van der Waals surface area contributed by atoms with Gasteiger partial charge in [-0.25, -0.2) is 0 Å². The molecule has 4 heteroatoms. The predicted octanol–water partition coefficient (Wildman–Crippen LogP) is 1.41. The van der Waals surface area contributed by atoms with Crippen molar-refractivity contribution in [1.82, 2.24) is 10.6 Å². The average Bonchev–Trinajstić information content (AvgIpc) is 2.25. The van der Waals surface area contributed by atoms with Gasteiger partial charge < -0.3 is 20.1 Å². The molecule has 17 heavy (non-hydrogen) atoms. The number of hydrogen-bond acceptors (Lipinski definition) is 4. The minimum atomic E-state index is -0.228. The van der Waals surface area contributed by atoms with Crippen molar-refractivity contribution in [3.63, 3.8) is 0 Å². The Kier molecular flexibility index (Phi) is 7.96. The van der Waals surface area contributed by atoms with Crippen molar-refractivity contribution in [2.75, 3.05) is 40.4 Å². The Morgan fingerprint density at radius 3 is 1.94 bits per heavy atom. The van der Waals surface area contributed by atoms with Gasteiger partial charge in [0.2, 0.25) is 0 Å². The maximum atomic E-state index is 5.94. The van der Waals surface area contributed by atoms with E-state index >= 15 is 0 Å². The molecule has 0 saturated heterocycles. The highest BCUT2D eigenvalue weighted by molar-refractivity contribution is 4.74. The molecule has 0 amide bonds. The molecule has 0 heterocycles. The molecule has 0 atom stereocenters. The highest BCUT2D eigenvalue weighted by Crippen LogP contribution is 2.18. The first kappa shape index (κ1) is 16.8. The molecule has 0 fully saturated rings. The van der Waals surface area contributed by atoms with Crippen LogP contribution in [0.15, 0.2) is 0 Å². The van der Waals surface area contributed by atoms with Crippen LogP contribution in [0.3, 0.4) is 0 Å². The van der Waals surface area contributed by atoms with Gasteiger partial charge in [0.1, 0.15) is 0 Å². The van der Waals surface area contributed by atoms with E-state index in [4.69, 9.17) is 9.47 Å². The molecule has 0 rings (SSSR count). The van der Waals surface area contributed by atoms with Gasteiger partial charge in [0.05, 0.1) is 24.4 Å². The van der Waals surface area contributed by atoms with Crippen molar-refractivity contribution in [2.24, 2.45) is 0 Å². The van der Waals surface area contributed by atoms with Crippen LogP contribution in [0.5, 0.6) is 0 Å². The summed E-state index contributed by atoms with van der Waals surface area (Å²) in [5.74, 6) is 0. The van der Waals surface area contributed by atoms with Gasteiger partial charge in [0, 0.05) is 6.54 Å². The smallest absolute Gasteiger partial charge is 0.0859 e. The summed E-state index contributed by atoms with van der Waals surface area (Å²) < 4.78 is 11.7. The minimum absolute atomic E-state index is 0.105. The fourth-order valence-electron chi connectivity index (χ4n) is 1.34. The van der Waals surface area contributed by atoms with Crippen molar-refractivity contribution >= 4 is 0 Å². The van der Waals surface area contributed by atoms with E-state index in [9.17, 15) is 0 Å². The Labute approximate surface area is 106 Å². The maximum Gasteiger partial charge on any atom is 0.0859 e. The van der Waals surface area contributed by atoms with E-state index in [0.29, 0.717) is 13.2 Å². The lowest BCUT2D eigenvalue weighted by molar-refractivity contribution is -0.120. The first-order valence-corrected chi connectivity index (χ1v) is 6.40. The van der Waals surface area contributed by atoms with Gasteiger partial charge in [-0.1, -0.05) is 0 Å². The number of likely N-dealkylation sites (N-methyl/N-ethyl adjacent to an activating group) is 1. The Bertz CT molecular complexity index is 194. The van der Waals surface area contributed by atoms with Crippen LogP contribution in [0, 0.1) is 0 Å². The van der Waals surface area contributed by atoms with E-state index in [1.807, 2.05) is 14.1 Å². The molecular formula is C13H30N2O2. The van der Waals surface area contributed by atoms with Gasteiger partial charge in [-0.05, 0) is 54.8 Å². The third-order valence-corrected chi connectivity index (χ3v) is 2.63. The first-order chi connectivity index (χ1) is 7.83. The van der Waals surface area contributed by atoms with Gasteiger partial charge in [-0.3, -0.25) is 0 Å². The molecule has 0 aromatic carbocycles. The van der Waals surface area contributed by atoms with Crippen LogP contribution >= 0.6 is 0 Å². The molecule has 0 aliphatic rings. The quantitative estimate of drug-likeness (QED) is 0.572. The van der Waals surface area contributed by atoms with Crippen molar-refractivity contribution in [2.45, 2.75) is 45.3 Å². The molecule has 4 nitrogen and oxygen atoms in total. The van der Waals surface area contributed by atoms with E-state index in [1.54, 1.807) is 0 Å². The lowest BCUT2D eigenvalue weighted by Gasteiger charge is -2.32. The summed E-state index contributed by atoms with van der Waals surface area (Å²) in [6.07, 6.45) is 0.996. The van der Waals surface area contributed by atoms with Crippen LogP contribution in [0.25, 0.3) is 0 Å². The van der Waals surface area contributed by atoms with Crippen LogP contribution in [-0.2, 0) is 9.47 Å². The Morgan fingerprint density at radius 1 is 0.824 bits per heavy atom. The molecule has 104 valence electrons. The Hall–Kier alpha value is -0.160. The van der Waals surface area contributed by atoms with Gasteiger partial charge in [0.25, 0.3) is 0 Å². The number of ether oxygens (including phenoxy) is 2. The molecule has 0 radical (unpaired) electrons. The highest BCUT2D eigenvalue weighted by atomic mass is 16.6. The minimum Gasteiger partial charge on any atom is -0.373 e. The lowest BCUT2D eigenvalue weighted by Crippen LogP contribution is -2.38. The first-order valence-electron chi connectivity index (χ1n) is 6.40. The molecule has 0 aromatic rings. The van der Waals surface area contributed by atoms with Crippen molar-refractivity contribution in [3.8, 4) is 0 Å². The topological polar surface area (TPSA) is 42.5 Å². The zero-order chi connectivity index (χ0) is 13.4. The summed E-state index contributed by atoms with van der Waals surface area (Å²) in [4.78, 5) is 0. The molecule has 0 bridgehead atoms. The van der Waals surface area contributed by atoms with E-state index in [2.05, 4.69) is 38.3 Å². The highest BCUT2D eigenvalue weighted by Gasteiger charge is 2.24. The number of nitrogens with one attached hydrogen (secondary N) is 2. The zero-order valence-electron chi connectivity index (χ0n) is 12.4. The van der Waals surface area contributed by atoms with Gasteiger partial charge in [0.15, 0.2) is 0 Å². The van der Waals surface area contributed by atoms with Gasteiger partial charge >= 0.3 is 0 Å². The molecule has 2 N–H and O–H groups in total. The lowest BCUT2D eigenvalue weighted by atomic mass is 10.0. The number of rotatable bonds is 10. The second kappa shape index (κ2) is 8.03. The van der Waals surface area contributed by atoms with Crippen molar-refractivity contribution in [3.05, 3.63) is 0 Å². The third kappa shape index (κ3) is 9.53. The largest absolute Gasteiger partial charge is 0.373 e. The van der Waals surface area contributed by atoms with E-state index in [-0.39, 0.29) is 11.2 Å². The van der Waals surface area contributed by atoms with Crippen LogP contribution in [-0.4, -0.2) is 51.6 Å². The average molecular weight is 246 g/mol. The molecule has 0 spiro atoms.